The van der Waals surface area contributed by atoms with Gasteiger partial charge in [-0.2, -0.15) is 0 Å². The Kier molecular flexibility index (Phi) is 4.02. The molecular weight excluding hydrogens is 220 g/mol. The van der Waals surface area contributed by atoms with Gasteiger partial charge in [0.05, 0.1) is 5.60 Å². The summed E-state index contributed by atoms with van der Waals surface area (Å²) in [7, 11) is 0. The maximum absolute atomic E-state index is 11.1. The molecule has 4 heteroatoms. The van der Waals surface area contributed by atoms with Crippen molar-refractivity contribution in [1.82, 2.24) is 0 Å². The van der Waals surface area contributed by atoms with E-state index in [2.05, 4.69) is 0 Å². The first-order valence-corrected chi connectivity index (χ1v) is 5.38. The summed E-state index contributed by atoms with van der Waals surface area (Å²) in [6.45, 7) is 3.46. The minimum Gasteiger partial charge on any atom is -0.475 e. The van der Waals surface area contributed by atoms with Gasteiger partial charge >= 0.3 is 5.97 Å². The number of hydrogen-bond donors (Lipinski definition) is 2. The van der Waals surface area contributed by atoms with Crippen LogP contribution in [0.4, 0.5) is 0 Å². The number of carbonyl (C=O) groups excluding carboxylic acids is 1. The Bertz CT molecular complexity index is 412. The smallest absolute Gasteiger partial charge is 0.377 e. The number of carboxylic acids is 1. The van der Waals surface area contributed by atoms with E-state index in [0.717, 1.165) is 5.56 Å². The second-order valence-electron chi connectivity index (χ2n) is 4.64. The normalized spacial score (nSPS) is 11.2. The number of carbonyl (C=O) groups is 2. The predicted molar refractivity (Wildman–Crippen MR) is 63.0 cm³/mol. The van der Waals surface area contributed by atoms with Crippen molar-refractivity contribution < 1.29 is 19.8 Å². The summed E-state index contributed by atoms with van der Waals surface area (Å²) in [5, 5.41) is 18.1. The van der Waals surface area contributed by atoms with Gasteiger partial charge in [-0.15, -0.1) is 0 Å². The zero-order valence-corrected chi connectivity index (χ0v) is 9.93. The van der Waals surface area contributed by atoms with Crippen LogP contribution in [0.1, 0.15) is 36.2 Å². The Hall–Kier alpha value is -1.68. The van der Waals surface area contributed by atoms with Crippen LogP contribution >= 0.6 is 0 Å². The maximum Gasteiger partial charge on any atom is 0.377 e. The monoisotopic (exact) mass is 236 g/mol. The zero-order chi connectivity index (χ0) is 13.1. The molecule has 1 aromatic carbocycles. The van der Waals surface area contributed by atoms with Gasteiger partial charge < -0.3 is 10.2 Å². The SMILES string of the molecule is CC(C)(O)CCc1ccc(C(=O)C(=O)O)cc1. The average molecular weight is 236 g/mol. The zero-order valence-electron chi connectivity index (χ0n) is 9.93. The van der Waals surface area contributed by atoms with E-state index in [4.69, 9.17) is 5.11 Å². The first-order chi connectivity index (χ1) is 7.79. The van der Waals surface area contributed by atoms with Crippen LogP contribution < -0.4 is 0 Å². The van der Waals surface area contributed by atoms with Crippen LogP contribution in [0, 0.1) is 0 Å². The Balaban J connectivity index is 2.69. The van der Waals surface area contributed by atoms with Gasteiger partial charge in [-0.1, -0.05) is 24.3 Å². The second-order valence-corrected chi connectivity index (χ2v) is 4.64. The molecule has 0 atom stereocenters. The lowest BCUT2D eigenvalue weighted by Crippen LogP contribution is -2.19. The standard InChI is InChI=1S/C13H16O4/c1-13(2,17)8-7-9-3-5-10(6-4-9)11(14)12(15)16/h3-6,17H,7-8H2,1-2H3,(H,15,16). The van der Waals surface area contributed by atoms with Crippen LogP contribution in [-0.4, -0.2) is 27.6 Å². The van der Waals surface area contributed by atoms with Crippen LogP contribution in [0.3, 0.4) is 0 Å². The maximum atomic E-state index is 11.1. The molecule has 0 aromatic heterocycles. The lowest BCUT2D eigenvalue weighted by Gasteiger charge is -2.16. The van der Waals surface area contributed by atoms with Gasteiger partial charge in [-0.25, -0.2) is 4.79 Å². The molecule has 0 aliphatic carbocycles. The van der Waals surface area contributed by atoms with Crippen LogP contribution in [0.15, 0.2) is 24.3 Å². The molecule has 1 rings (SSSR count). The summed E-state index contributed by atoms with van der Waals surface area (Å²) in [6, 6.07) is 6.41. The first-order valence-electron chi connectivity index (χ1n) is 5.38. The van der Waals surface area contributed by atoms with Crippen LogP contribution in [-0.2, 0) is 11.2 Å². The first kappa shape index (κ1) is 13.4. The van der Waals surface area contributed by atoms with E-state index < -0.39 is 17.4 Å². The number of rotatable bonds is 5. The molecule has 17 heavy (non-hydrogen) atoms. The topological polar surface area (TPSA) is 74.6 Å². The number of aliphatic hydroxyl groups is 1. The van der Waals surface area contributed by atoms with Crippen molar-refractivity contribution >= 4 is 11.8 Å². The van der Waals surface area contributed by atoms with Crippen LogP contribution in [0.5, 0.6) is 0 Å². The Morgan fingerprint density at radius 3 is 2.12 bits per heavy atom. The Morgan fingerprint density at radius 1 is 1.18 bits per heavy atom. The van der Waals surface area contributed by atoms with E-state index in [1.54, 1.807) is 26.0 Å². The van der Waals surface area contributed by atoms with E-state index in [-0.39, 0.29) is 5.56 Å². The number of aryl methyl sites for hydroxylation is 1. The van der Waals surface area contributed by atoms with Gasteiger partial charge in [0.1, 0.15) is 0 Å². The summed E-state index contributed by atoms with van der Waals surface area (Å²) < 4.78 is 0. The molecule has 0 bridgehead atoms. The highest BCUT2D eigenvalue weighted by molar-refractivity contribution is 6.39. The highest BCUT2D eigenvalue weighted by Crippen LogP contribution is 2.14. The Labute approximate surface area is 99.9 Å². The largest absolute Gasteiger partial charge is 0.475 e. The molecule has 0 fully saturated rings. The molecule has 92 valence electrons. The molecule has 0 radical (unpaired) electrons. The summed E-state index contributed by atoms with van der Waals surface area (Å²) in [6.07, 6.45) is 1.30. The lowest BCUT2D eigenvalue weighted by molar-refractivity contribution is -0.131. The van der Waals surface area contributed by atoms with Gasteiger partial charge in [0.2, 0.25) is 0 Å². The molecule has 0 aliphatic rings. The number of aliphatic carboxylic acids is 1. The van der Waals surface area contributed by atoms with Crippen molar-refractivity contribution in [1.29, 1.82) is 0 Å². The highest BCUT2D eigenvalue weighted by atomic mass is 16.4. The molecule has 0 saturated heterocycles. The van der Waals surface area contributed by atoms with Crippen LogP contribution in [0.25, 0.3) is 0 Å². The molecule has 0 amide bonds. The van der Waals surface area contributed by atoms with E-state index >= 15 is 0 Å². The van der Waals surface area contributed by atoms with Crippen molar-refractivity contribution in [3.8, 4) is 0 Å². The van der Waals surface area contributed by atoms with E-state index in [0.29, 0.717) is 12.8 Å². The molecule has 0 heterocycles. The lowest BCUT2D eigenvalue weighted by atomic mass is 9.98. The van der Waals surface area contributed by atoms with Crippen molar-refractivity contribution in [3.63, 3.8) is 0 Å². The number of benzene rings is 1. The third kappa shape index (κ3) is 4.36. The summed E-state index contributed by atoms with van der Waals surface area (Å²) in [5.74, 6) is -2.35. The van der Waals surface area contributed by atoms with E-state index in [1.165, 1.54) is 12.1 Å². The molecule has 0 aliphatic heterocycles. The number of carboxylic acid groups (broad SMARTS) is 1. The summed E-state index contributed by atoms with van der Waals surface area (Å²) in [4.78, 5) is 21.6. The van der Waals surface area contributed by atoms with Gasteiger partial charge in [0, 0.05) is 5.56 Å². The van der Waals surface area contributed by atoms with Crippen molar-refractivity contribution in [3.05, 3.63) is 35.4 Å². The quantitative estimate of drug-likeness (QED) is 0.602. The average Bonchev–Trinajstić information content (AvgIpc) is 2.25. The van der Waals surface area contributed by atoms with Crippen molar-refractivity contribution in [2.45, 2.75) is 32.3 Å². The van der Waals surface area contributed by atoms with E-state index in [1.807, 2.05) is 0 Å². The molecule has 1 aromatic rings. The minimum atomic E-state index is -1.45. The number of ketones is 1. The Morgan fingerprint density at radius 2 is 1.71 bits per heavy atom. The molecule has 2 N–H and O–H groups in total. The molecule has 4 nitrogen and oxygen atoms in total. The summed E-state index contributed by atoms with van der Waals surface area (Å²) >= 11 is 0. The van der Waals surface area contributed by atoms with Gasteiger partial charge in [-0.05, 0) is 32.3 Å². The molecule has 0 spiro atoms. The van der Waals surface area contributed by atoms with E-state index in [9.17, 15) is 14.7 Å². The molecule has 0 saturated carbocycles. The second kappa shape index (κ2) is 5.10. The molecular formula is C13H16O4. The number of hydrogen-bond acceptors (Lipinski definition) is 3. The predicted octanol–water partition coefficient (Wildman–Crippen LogP) is 1.66. The third-order valence-corrected chi connectivity index (χ3v) is 2.44. The van der Waals surface area contributed by atoms with Gasteiger partial charge in [0.15, 0.2) is 0 Å². The fraction of sp³-hybridized carbons (Fsp3) is 0.385. The van der Waals surface area contributed by atoms with Crippen LogP contribution in [0.2, 0.25) is 0 Å². The van der Waals surface area contributed by atoms with Crippen molar-refractivity contribution in [2.24, 2.45) is 0 Å². The fourth-order valence-corrected chi connectivity index (χ4v) is 1.40. The van der Waals surface area contributed by atoms with Crippen molar-refractivity contribution in [2.75, 3.05) is 0 Å². The minimum absolute atomic E-state index is 0.171. The van der Waals surface area contributed by atoms with Gasteiger partial charge in [-0.3, -0.25) is 4.79 Å². The fourth-order valence-electron chi connectivity index (χ4n) is 1.40. The molecule has 0 unspecified atom stereocenters. The number of Topliss-reactive ketones (excluding diaryl/α,β-unsaturated/α-hetero) is 1. The summed E-state index contributed by atoms with van der Waals surface area (Å²) in [5.41, 5.74) is 0.411. The van der Waals surface area contributed by atoms with Gasteiger partial charge in [0.25, 0.3) is 5.78 Å². The highest BCUT2D eigenvalue weighted by Gasteiger charge is 2.15. The third-order valence-electron chi connectivity index (χ3n) is 2.44.